The fourth-order valence-electron chi connectivity index (χ4n) is 1.93. The predicted molar refractivity (Wildman–Crippen MR) is 67.7 cm³/mol. The summed E-state index contributed by atoms with van der Waals surface area (Å²) in [6.07, 6.45) is 1.32. The molecule has 1 aliphatic heterocycles. The molecule has 1 aliphatic rings. The molecule has 1 fully saturated rings. The van der Waals surface area contributed by atoms with Crippen LogP contribution >= 0.6 is 11.8 Å². The molecular formula is C11H24N2OS. The van der Waals surface area contributed by atoms with Crippen LogP contribution < -0.4 is 5.32 Å². The zero-order valence-corrected chi connectivity index (χ0v) is 10.8. The highest BCUT2D eigenvalue weighted by molar-refractivity contribution is 7.99. The highest BCUT2D eigenvalue weighted by atomic mass is 32.2. The van der Waals surface area contributed by atoms with Crippen LogP contribution in [0.2, 0.25) is 0 Å². The molecule has 1 saturated heterocycles. The van der Waals surface area contributed by atoms with Crippen LogP contribution in [0.25, 0.3) is 0 Å². The molecule has 0 spiro atoms. The second-order valence-corrected chi connectivity index (χ2v) is 5.14. The lowest BCUT2D eigenvalue weighted by Gasteiger charge is -2.30. The van der Waals surface area contributed by atoms with Crippen LogP contribution in [-0.2, 0) is 4.74 Å². The number of nitrogens with one attached hydrogen (secondary N) is 1. The number of likely N-dealkylation sites (N-methyl/N-ethyl adjacent to an activating group) is 1. The third kappa shape index (κ3) is 5.20. The number of thioether (sulfide) groups is 1. The Bertz CT molecular complexity index is 150. The molecule has 1 rings (SSSR count). The van der Waals surface area contributed by atoms with E-state index in [-0.39, 0.29) is 0 Å². The van der Waals surface area contributed by atoms with Crippen molar-refractivity contribution in [1.29, 1.82) is 0 Å². The number of nitrogens with zero attached hydrogens (tertiary/aromatic N) is 1. The Morgan fingerprint density at radius 1 is 1.40 bits per heavy atom. The van der Waals surface area contributed by atoms with Crippen LogP contribution in [0.4, 0.5) is 0 Å². The van der Waals surface area contributed by atoms with E-state index in [9.17, 15) is 0 Å². The van der Waals surface area contributed by atoms with Crippen molar-refractivity contribution < 1.29 is 4.74 Å². The average molecular weight is 232 g/mol. The number of hydrogen-bond acceptors (Lipinski definition) is 4. The Labute approximate surface area is 97.9 Å². The van der Waals surface area contributed by atoms with Crippen molar-refractivity contribution in [3.63, 3.8) is 0 Å². The molecule has 0 aliphatic carbocycles. The minimum atomic E-state index is 0.550. The topological polar surface area (TPSA) is 24.5 Å². The summed E-state index contributed by atoms with van der Waals surface area (Å²) in [6, 6.07) is 0.550. The first-order chi connectivity index (χ1) is 7.38. The zero-order chi connectivity index (χ0) is 10.9. The average Bonchev–Trinajstić information content (AvgIpc) is 2.52. The molecule has 3 nitrogen and oxygen atoms in total. The molecule has 0 saturated carbocycles. The molecule has 0 amide bonds. The van der Waals surface area contributed by atoms with Crippen LogP contribution in [0.15, 0.2) is 0 Å². The third-order valence-corrected chi connectivity index (χ3v) is 3.81. The number of hydrogen-bond donors (Lipinski definition) is 1. The van der Waals surface area contributed by atoms with E-state index in [4.69, 9.17) is 4.74 Å². The lowest BCUT2D eigenvalue weighted by molar-refractivity contribution is 0.0944. The van der Waals surface area contributed by atoms with Crippen molar-refractivity contribution in [1.82, 2.24) is 10.2 Å². The van der Waals surface area contributed by atoms with Gasteiger partial charge in [0.15, 0.2) is 0 Å². The summed E-state index contributed by atoms with van der Waals surface area (Å²) >= 11 is 2.08. The molecule has 0 radical (unpaired) electrons. The molecule has 15 heavy (non-hydrogen) atoms. The van der Waals surface area contributed by atoms with E-state index < -0.39 is 0 Å². The van der Waals surface area contributed by atoms with Gasteiger partial charge in [0.25, 0.3) is 0 Å². The van der Waals surface area contributed by atoms with Crippen LogP contribution in [0.3, 0.4) is 0 Å². The Morgan fingerprint density at radius 3 is 3.00 bits per heavy atom. The minimum Gasteiger partial charge on any atom is -0.383 e. The van der Waals surface area contributed by atoms with Crippen LogP contribution in [0.5, 0.6) is 0 Å². The van der Waals surface area contributed by atoms with Crippen LogP contribution in [-0.4, -0.2) is 62.3 Å². The van der Waals surface area contributed by atoms with Gasteiger partial charge in [-0.1, -0.05) is 6.92 Å². The molecule has 0 bridgehead atoms. The van der Waals surface area contributed by atoms with Gasteiger partial charge in [-0.15, -0.1) is 0 Å². The van der Waals surface area contributed by atoms with Gasteiger partial charge in [0.1, 0.15) is 0 Å². The Kier molecular flexibility index (Phi) is 7.44. The monoisotopic (exact) mass is 232 g/mol. The Morgan fingerprint density at radius 2 is 2.27 bits per heavy atom. The molecule has 1 atom stereocenters. The SMILES string of the molecule is CCNCC(COC)N1CCCSCC1. The van der Waals surface area contributed by atoms with E-state index in [1.54, 1.807) is 7.11 Å². The summed E-state index contributed by atoms with van der Waals surface area (Å²) in [5.74, 6) is 2.59. The smallest absolute Gasteiger partial charge is 0.0630 e. The van der Waals surface area contributed by atoms with Gasteiger partial charge in [-0.2, -0.15) is 11.8 Å². The maximum atomic E-state index is 5.31. The Hall–Kier alpha value is 0.230. The van der Waals surface area contributed by atoms with E-state index in [0.717, 1.165) is 19.7 Å². The van der Waals surface area contributed by atoms with Gasteiger partial charge < -0.3 is 10.1 Å². The van der Waals surface area contributed by atoms with Crippen molar-refractivity contribution in [3.8, 4) is 0 Å². The number of ether oxygens (including phenoxy) is 1. The molecule has 1 unspecified atom stereocenters. The first kappa shape index (κ1) is 13.3. The van der Waals surface area contributed by atoms with E-state index in [1.807, 2.05) is 0 Å². The standard InChI is InChI=1S/C11H24N2OS/c1-3-12-9-11(10-14-2)13-5-4-7-15-8-6-13/h11-12H,3-10H2,1-2H3. The van der Waals surface area contributed by atoms with E-state index in [1.165, 1.54) is 31.0 Å². The molecular weight excluding hydrogens is 208 g/mol. The van der Waals surface area contributed by atoms with Gasteiger partial charge in [0.2, 0.25) is 0 Å². The van der Waals surface area contributed by atoms with Gasteiger partial charge in [0.05, 0.1) is 6.61 Å². The fraction of sp³-hybridized carbons (Fsp3) is 1.00. The summed E-state index contributed by atoms with van der Waals surface area (Å²) in [5, 5.41) is 3.42. The maximum absolute atomic E-state index is 5.31. The zero-order valence-electron chi connectivity index (χ0n) is 10.00. The lowest BCUT2D eigenvalue weighted by atomic mass is 10.2. The second kappa shape index (κ2) is 8.39. The van der Waals surface area contributed by atoms with Crippen LogP contribution in [0, 0.1) is 0 Å². The minimum absolute atomic E-state index is 0.550. The summed E-state index contributed by atoms with van der Waals surface area (Å²) in [5.41, 5.74) is 0. The number of rotatable bonds is 6. The third-order valence-electron chi connectivity index (χ3n) is 2.76. The summed E-state index contributed by atoms with van der Waals surface area (Å²) in [6.45, 7) is 7.54. The van der Waals surface area contributed by atoms with Crippen molar-refractivity contribution in [2.75, 3.05) is 51.4 Å². The van der Waals surface area contributed by atoms with Gasteiger partial charge in [-0.25, -0.2) is 0 Å². The van der Waals surface area contributed by atoms with Gasteiger partial charge >= 0.3 is 0 Å². The molecule has 0 aromatic heterocycles. The largest absolute Gasteiger partial charge is 0.383 e. The van der Waals surface area contributed by atoms with Crippen molar-refractivity contribution in [2.45, 2.75) is 19.4 Å². The van der Waals surface area contributed by atoms with Crippen molar-refractivity contribution in [2.24, 2.45) is 0 Å². The first-order valence-corrected chi connectivity index (χ1v) is 7.05. The Balaban J connectivity index is 2.36. The molecule has 4 heteroatoms. The first-order valence-electron chi connectivity index (χ1n) is 5.90. The lowest BCUT2D eigenvalue weighted by Crippen LogP contribution is -2.46. The summed E-state index contributed by atoms with van der Waals surface area (Å²) < 4.78 is 5.31. The maximum Gasteiger partial charge on any atom is 0.0630 e. The normalized spacial score (nSPS) is 21.2. The van der Waals surface area contributed by atoms with E-state index in [2.05, 4.69) is 28.9 Å². The van der Waals surface area contributed by atoms with Crippen LogP contribution in [0.1, 0.15) is 13.3 Å². The summed E-state index contributed by atoms with van der Waals surface area (Å²) in [7, 11) is 1.80. The van der Waals surface area contributed by atoms with Gasteiger partial charge in [-0.05, 0) is 25.3 Å². The highest BCUT2D eigenvalue weighted by Gasteiger charge is 2.18. The second-order valence-electron chi connectivity index (χ2n) is 3.92. The highest BCUT2D eigenvalue weighted by Crippen LogP contribution is 2.12. The molecule has 1 N–H and O–H groups in total. The number of methoxy groups -OCH3 is 1. The molecule has 90 valence electrons. The van der Waals surface area contributed by atoms with Crippen molar-refractivity contribution in [3.05, 3.63) is 0 Å². The molecule has 0 aromatic carbocycles. The molecule has 1 heterocycles. The van der Waals surface area contributed by atoms with E-state index >= 15 is 0 Å². The van der Waals surface area contributed by atoms with Gasteiger partial charge in [0, 0.05) is 32.0 Å². The molecule has 0 aromatic rings. The predicted octanol–water partition coefficient (Wildman–Crippen LogP) is 1.05. The van der Waals surface area contributed by atoms with E-state index in [0.29, 0.717) is 6.04 Å². The van der Waals surface area contributed by atoms with Gasteiger partial charge in [-0.3, -0.25) is 4.90 Å². The quantitative estimate of drug-likeness (QED) is 0.740. The fourth-order valence-corrected chi connectivity index (χ4v) is 2.83. The summed E-state index contributed by atoms with van der Waals surface area (Å²) in [4.78, 5) is 2.58. The van der Waals surface area contributed by atoms with Crippen molar-refractivity contribution >= 4 is 11.8 Å².